The van der Waals surface area contributed by atoms with Crippen LogP contribution in [-0.4, -0.2) is 71.7 Å². The average Bonchev–Trinajstić information content (AvgIpc) is 3.38. The van der Waals surface area contributed by atoms with Gasteiger partial charge in [0.05, 0.1) is 0 Å². The first-order valence-electron chi connectivity index (χ1n) is 32.4. The topological polar surface area (TPSA) is 43.4 Å². The van der Waals surface area contributed by atoms with Crippen molar-refractivity contribution in [3.63, 3.8) is 0 Å². The number of unbranched alkanes of at least 4 members (excludes halogenated alkanes) is 32. The Bertz CT molecular complexity index is 793. The van der Waals surface area contributed by atoms with Crippen molar-refractivity contribution in [1.29, 1.82) is 0 Å². The summed E-state index contributed by atoms with van der Waals surface area (Å²) in [6.45, 7) is 18.5. The summed E-state index contributed by atoms with van der Waals surface area (Å²) >= 11 is 0. The molecule has 0 aliphatic rings. The van der Waals surface area contributed by atoms with Crippen LogP contribution in [0.5, 0.6) is 0 Å². The maximum absolute atomic E-state index is 6.92. The third kappa shape index (κ3) is 50.7. The molecule has 0 rings (SSSR count). The van der Waals surface area contributed by atoms with Crippen molar-refractivity contribution in [2.24, 2.45) is 0 Å². The SMILES string of the molecule is CCCCCCCC(CCCCCCC)O[B]N([B]OC(CCCCCCC)CCCCCCC)[B]N([B]OC(CCCCCCC)CCCCCCC)[B]OC(CCCCCCC)CCCCCCC. The van der Waals surface area contributed by atoms with Gasteiger partial charge >= 0.3 is 30.5 Å². The molecular weight excluding hydrogens is 867 g/mol. The highest BCUT2D eigenvalue weighted by atomic mass is 16.5. The third-order valence-corrected chi connectivity index (χ3v) is 14.8. The second-order valence-corrected chi connectivity index (χ2v) is 22.1. The van der Waals surface area contributed by atoms with E-state index in [9.17, 15) is 0 Å². The molecule has 0 spiro atoms. The number of hydrogen-bond donors (Lipinski definition) is 0. The molecule has 11 heteroatoms. The van der Waals surface area contributed by atoms with Gasteiger partial charge in [0, 0.05) is 24.4 Å². The van der Waals surface area contributed by atoms with Gasteiger partial charge in [0.1, 0.15) is 0 Å². The Morgan fingerprint density at radius 2 is 0.352 bits per heavy atom. The molecule has 0 aliphatic carbocycles. The molecule has 0 atom stereocenters. The Hall–Kier alpha value is 0.0847. The summed E-state index contributed by atoms with van der Waals surface area (Å²) in [5.41, 5.74) is 0. The molecule has 6 nitrogen and oxygen atoms in total. The quantitative estimate of drug-likeness (QED) is 0.0447. The normalized spacial score (nSPS) is 12.0. The zero-order chi connectivity index (χ0) is 51.8. The Balaban J connectivity index is 6.76. The maximum Gasteiger partial charge on any atom is 0.376 e. The van der Waals surface area contributed by atoms with E-state index in [1.807, 2.05) is 30.5 Å². The second kappa shape index (κ2) is 59.3. The largest absolute Gasteiger partial charge is 0.422 e. The summed E-state index contributed by atoms with van der Waals surface area (Å²) in [5.74, 6) is 0. The predicted octanol–water partition coefficient (Wildman–Crippen LogP) is 19.7. The van der Waals surface area contributed by atoms with Crippen LogP contribution in [0.1, 0.15) is 364 Å². The molecule has 0 aliphatic heterocycles. The summed E-state index contributed by atoms with van der Waals surface area (Å²) in [4.78, 5) is 0. The molecular formula is C60H124B5N2O4. The van der Waals surface area contributed by atoms with Gasteiger partial charge in [0.15, 0.2) is 0 Å². The zero-order valence-electron chi connectivity index (χ0n) is 49.7. The minimum Gasteiger partial charge on any atom is -0.422 e. The predicted molar refractivity (Wildman–Crippen MR) is 319 cm³/mol. The summed E-state index contributed by atoms with van der Waals surface area (Å²) in [6.07, 6.45) is 61.1. The van der Waals surface area contributed by atoms with Crippen molar-refractivity contribution < 1.29 is 18.6 Å². The number of hydrogen-bond acceptors (Lipinski definition) is 6. The van der Waals surface area contributed by atoms with Gasteiger partial charge in [-0.15, -0.1) is 0 Å². The van der Waals surface area contributed by atoms with Gasteiger partial charge in [-0.05, 0) is 51.4 Å². The molecule has 71 heavy (non-hydrogen) atoms. The molecule has 0 saturated carbocycles. The smallest absolute Gasteiger partial charge is 0.376 e. The fourth-order valence-corrected chi connectivity index (χ4v) is 9.86. The van der Waals surface area contributed by atoms with E-state index in [1.54, 1.807) is 0 Å². The van der Waals surface area contributed by atoms with Crippen LogP contribution in [0.4, 0.5) is 0 Å². The second-order valence-electron chi connectivity index (χ2n) is 22.1. The molecule has 5 radical (unpaired) electrons. The van der Waals surface area contributed by atoms with Crippen LogP contribution in [0, 0.1) is 0 Å². The lowest BCUT2D eigenvalue weighted by molar-refractivity contribution is 0.157. The third-order valence-electron chi connectivity index (χ3n) is 14.8. The molecule has 0 N–H and O–H groups in total. The maximum atomic E-state index is 6.92. The Labute approximate surface area is 451 Å². The van der Waals surface area contributed by atoms with Gasteiger partial charge in [-0.1, -0.05) is 312 Å². The first-order chi connectivity index (χ1) is 35.0. The molecule has 0 aromatic heterocycles. The molecule has 0 heterocycles. The molecule has 0 fully saturated rings. The van der Waals surface area contributed by atoms with E-state index in [0.29, 0.717) is 0 Å². The van der Waals surface area contributed by atoms with Crippen LogP contribution in [0.3, 0.4) is 0 Å². The van der Waals surface area contributed by atoms with Crippen molar-refractivity contribution >= 4 is 38.0 Å². The lowest BCUT2D eigenvalue weighted by Gasteiger charge is -2.31. The van der Waals surface area contributed by atoms with Gasteiger partial charge in [-0.25, -0.2) is 0 Å². The molecule has 0 saturated heterocycles. The summed E-state index contributed by atoms with van der Waals surface area (Å²) in [5, 5.41) is 0. The molecule has 0 bridgehead atoms. The van der Waals surface area contributed by atoms with Crippen LogP contribution in [0.25, 0.3) is 0 Å². The van der Waals surface area contributed by atoms with E-state index < -0.39 is 0 Å². The number of rotatable bonds is 62. The van der Waals surface area contributed by atoms with Crippen LogP contribution in [0.2, 0.25) is 0 Å². The van der Waals surface area contributed by atoms with Crippen LogP contribution < -0.4 is 0 Å². The summed E-state index contributed by atoms with van der Waals surface area (Å²) < 4.78 is 31.8. The van der Waals surface area contributed by atoms with E-state index in [2.05, 4.69) is 72.2 Å². The molecule has 0 amide bonds. The fourth-order valence-electron chi connectivity index (χ4n) is 9.86. The number of nitrogens with zero attached hydrogens (tertiary/aromatic N) is 2. The Morgan fingerprint density at radius 3 is 0.493 bits per heavy atom. The highest BCUT2D eigenvalue weighted by Crippen LogP contribution is 2.21. The summed E-state index contributed by atoms with van der Waals surface area (Å²) in [6, 6.07) is 0. The Morgan fingerprint density at radius 1 is 0.211 bits per heavy atom. The fraction of sp³-hybridized carbons (Fsp3) is 1.00. The van der Waals surface area contributed by atoms with E-state index in [4.69, 9.17) is 18.6 Å². The van der Waals surface area contributed by atoms with Crippen LogP contribution in [-0.2, 0) is 18.6 Å². The van der Waals surface area contributed by atoms with Crippen molar-refractivity contribution in [3.05, 3.63) is 0 Å². The van der Waals surface area contributed by atoms with Crippen molar-refractivity contribution in [1.82, 2.24) is 9.27 Å². The first kappa shape index (κ1) is 71.1. The van der Waals surface area contributed by atoms with Crippen molar-refractivity contribution in [2.75, 3.05) is 0 Å². The van der Waals surface area contributed by atoms with E-state index in [-0.39, 0.29) is 24.4 Å². The lowest BCUT2D eigenvalue weighted by atomic mass is 9.77. The van der Waals surface area contributed by atoms with Crippen LogP contribution in [0.15, 0.2) is 0 Å². The molecule has 0 aromatic carbocycles. The molecule has 0 unspecified atom stereocenters. The summed E-state index contributed by atoms with van der Waals surface area (Å²) in [7, 11) is 9.98. The zero-order valence-corrected chi connectivity index (χ0v) is 49.7. The van der Waals surface area contributed by atoms with Gasteiger partial charge in [-0.2, -0.15) is 0 Å². The highest BCUT2D eigenvalue weighted by molar-refractivity contribution is 6.69. The molecule has 0 aromatic rings. The van der Waals surface area contributed by atoms with Gasteiger partial charge in [-0.3, -0.25) is 0 Å². The van der Waals surface area contributed by atoms with Crippen LogP contribution >= 0.6 is 0 Å². The standard InChI is InChI=1S/C60H124B5N2O4/c1-9-17-25-33-41-49-57(50-42-34-26-18-10-2)68-62-66(63-69-58(51-43-35-27-19-11-3)52-44-36-28-20-12-4)61-67(64-70-59(53-45-37-29-21-13-5)54-46-38-30-22-14-6)65-71-60(55-47-39-31-23-15-7)56-48-40-32-24-16-8/h57-60H,9-56H2,1-8H3. The minimum atomic E-state index is 0.194. The van der Waals surface area contributed by atoms with E-state index >= 15 is 0 Å². The van der Waals surface area contributed by atoms with Gasteiger partial charge < -0.3 is 27.9 Å². The van der Waals surface area contributed by atoms with Crippen molar-refractivity contribution in [3.8, 4) is 0 Å². The molecule has 413 valence electrons. The highest BCUT2D eigenvalue weighted by Gasteiger charge is 2.26. The van der Waals surface area contributed by atoms with Gasteiger partial charge in [0.2, 0.25) is 0 Å². The average molecular weight is 992 g/mol. The first-order valence-corrected chi connectivity index (χ1v) is 32.4. The van der Waals surface area contributed by atoms with Gasteiger partial charge in [0.25, 0.3) is 7.55 Å². The van der Waals surface area contributed by atoms with E-state index in [0.717, 1.165) is 51.4 Å². The van der Waals surface area contributed by atoms with Crippen molar-refractivity contribution in [2.45, 2.75) is 388 Å². The minimum absolute atomic E-state index is 0.194. The lowest BCUT2D eigenvalue weighted by Crippen LogP contribution is -2.52. The Kier molecular flexibility index (Phi) is 59.4. The van der Waals surface area contributed by atoms with E-state index in [1.165, 1.54) is 257 Å². The monoisotopic (exact) mass is 992 g/mol.